The molecule has 0 saturated heterocycles. The summed E-state index contributed by atoms with van der Waals surface area (Å²) in [4.78, 5) is 11.3. The summed E-state index contributed by atoms with van der Waals surface area (Å²) in [5.74, 6) is -1.65. The standard InChI is InChI=1S/C10H12F3N3O2/c1-18-9(17)7-6(10(11,12)13)8(14)16(15-7)5-3-2-4-5/h5H,2-4,14H2,1H3. The molecule has 0 amide bonds. The molecule has 2 rings (SSSR count). The fraction of sp³-hybridized carbons (Fsp3) is 0.600. The monoisotopic (exact) mass is 263 g/mol. The van der Waals surface area contributed by atoms with Crippen LogP contribution in [0.5, 0.6) is 0 Å². The Morgan fingerprint density at radius 2 is 2.11 bits per heavy atom. The van der Waals surface area contributed by atoms with Crippen molar-refractivity contribution in [1.82, 2.24) is 9.78 Å². The summed E-state index contributed by atoms with van der Waals surface area (Å²) in [6, 6.07) is -0.162. The second-order valence-electron chi connectivity index (χ2n) is 4.13. The number of esters is 1. The molecule has 1 heterocycles. The number of aromatic nitrogens is 2. The molecule has 1 aromatic rings. The SMILES string of the molecule is COC(=O)c1nn(C2CCC2)c(N)c1C(F)(F)F. The van der Waals surface area contributed by atoms with Gasteiger partial charge in [0, 0.05) is 0 Å². The number of nitrogens with zero attached hydrogens (tertiary/aromatic N) is 2. The summed E-state index contributed by atoms with van der Waals surface area (Å²) in [5.41, 5.74) is 3.49. The zero-order chi connectivity index (χ0) is 13.5. The average Bonchev–Trinajstić information content (AvgIpc) is 2.52. The number of anilines is 1. The van der Waals surface area contributed by atoms with Crippen molar-refractivity contribution in [3.8, 4) is 0 Å². The number of nitrogen functional groups attached to an aromatic ring is 1. The zero-order valence-corrected chi connectivity index (χ0v) is 9.62. The summed E-state index contributed by atoms with van der Waals surface area (Å²) in [6.45, 7) is 0. The van der Waals surface area contributed by atoms with E-state index < -0.39 is 29.2 Å². The number of carbonyl (C=O) groups is 1. The van der Waals surface area contributed by atoms with Gasteiger partial charge in [-0.15, -0.1) is 0 Å². The van der Waals surface area contributed by atoms with Gasteiger partial charge in [0.15, 0.2) is 5.69 Å². The van der Waals surface area contributed by atoms with Crippen LogP contribution in [0.1, 0.15) is 41.4 Å². The predicted molar refractivity (Wildman–Crippen MR) is 55.9 cm³/mol. The average molecular weight is 263 g/mol. The maximum absolute atomic E-state index is 12.9. The van der Waals surface area contributed by atoms with Crippen molar-refractivity contribution >= 4 is 11.8 Å². The summed E-state index contributed by atoms with van der Waals surface area (Å²) >= 11 is 0. The molecule has 0 spiro atoms. The first-order valence-electron chi connectivity index (χ1n) is 5.39. The third-order valence-corrected chi connectivity index (χ3v) is 3.03. The number of hydrogen-bond donors (Lipinski definition) is 1. The number of nitrogens with two attached hydrogens (primary N) is 1. The highest BCUT2D eigenvalue weighted by Gasteiger charge is 2.43. The molecule has 5 nitrogen and oxygen atoms in total. The highest BCUT2D eigenvalue weighted by atomic mass is 19.4. The topological polar surface area (TPSA) is 70.1 Å². The van der Waals surface area contributed by atoms with Crippen LogP contribution in [0.25, 0.3) is 0 Å². The van der Waals surface area contributed by atoms with Crippen molar-refractivity contribution in [3.05, 3.63) is 11.3 Å². The van der Waals surface area contributed by atoms with E-state index in [1.165, 1.54) is 0 Å². The molecule has 1 aromatic heterocycles. The molecule has 2 N–H and O–H groups in total. The van der Waals surface area contributed by atoms with E-state index in [2.05, 4.69) is 9.84 Å². The summed E-state index contributed by atoms with van der Waals surface area (Å²) in [6.07, 6.45) is -2.39. The molecule has 0 atom stereocenters. The largest absolute Gasteiger partial charge is 0.464 e. The Kier molecular flexibility index (Phi) is 2.95. The summed E-state index contributed by atoms with van der Waals surface area (Å²) in [7, 11) is 1.00. The lowest BCUT2D eigenvalue weighted by Crippen LogP contribution is -2.20. The van der Waals surface area contributed by atoms with Gasteiger partial charge in [0.1, 0.15) is 11.4 Å². The molecule has 1 fully saturated rings. The Labute approximate surface area is 101 Å². The number of hydrogen-bond acceptors (Lipinski definition) is 4. The Hall–Kier alpha value is -1.73. The predicted octanol–water partition coefficient (Wildman–Crippen LogP) is 2.00. The summed E-state index contributed by atoms with van der Waals surface area (Å²) in [5, 5.41) is 3.67. The number of halogens is 3. The zero-order valence-electron chi connectivity index (χ0n) is 9.62. The minimum atomic E-state index is -4.73. The van der Waals surface area contributed by atoms with Crippen LogP contribution in [0.3, 0.4) is 0 Å². The quantitative estimate of drug-likeness (QED) is 0.828. The van der Waals surface area contributed by atoms with Gasteiger partial charge in [0.05, 0.1) is 13.2 Å². The molecular formula is C10H12F3N3O2. The van der Waals surface area contributed by atoms with E-state index in [1.54, 1.807) is 0 Å². The smallest absolute Gasteiger partial charge is 0.422 e. The fourth-order valence-electron chi connectivity index (χ4n) is 1.88. The molecular weight excluding hydrogens is 251 g/mol. The van der Waals surface area contributed by atoms with Gasteiger partial charge in [0.2, 0.25) is 0 Å². The molecule has 8 heteroatoms. The maximum Gasteiger partial charge on any atom is 0.422 e. The molecule has 0 aliphatic heterocycles. The van der Waals surface area contributed by atoms with Crippen LogP contribution in [-0.2, 0) is 10.9 Å². The maximum atomic E-state index is 12.9. The first-order chi connectivity index (χ1) is 8.36. The van der Waals surface area contributed by atoms with Crippen molar-refractivity contribution < 1.29 is 22.7 Å². The highest BCUT2D eigenvalue weighted by Crippen LogP contribution is 2.40. The Bertz CT molecular complexity index is 477. The molecule has 1 aliphatic rings. The Morgan fingerprint density at radius 3 is 2.50 bits per heavy atom. The van der Waals surface area contributed by atoms with Gasteiger partial charge in [-0.3, -0.25) is 0 Å². The van der Waals surface area contributed by atoms with E-state index in [-0.39, 0.29) is 6.04 Å². The number of rotatable bonds is 2. The molecule has 1 saturated carbocycles. The number of methoxy groups -OCH3 is 1. The van der Waals surface area contributed by atoms with E-state index in [0.29, 0.717) is 12.8 Å². The van der Waals surface area contributed by atoms with Crippen LogP contribution < -0.4 is 5.73 Å². The lowest BCUT2D eigenvalue weighted by Gasteiger charge is -2.26. The molecule has 1 aliphatic carbocycles. The second-order valence-corrected chi connectivity index (χ2v) is 4.13. The van der Waals surface area contributed by atoms with Gasteiger partial charge in [-0.25, -0.2) is 9.48 Å². The van der Waals surface area contributed by atoms with Crippen LogP contribution in [0.15, 0.2) is 0 Å². The molecule has 0 radical (unpaired) electrons. The van der Waals surface area contributed by atoms with Gasteiger partial charge < -0.3 is 10.5 Å². The Morgan fingerprint density at radius 1 is 1.50 bits per heavy atom. The van der Waals surface area contributed by atoms with Gasteiger partial charge in [-0.1, -0.05) is 0 Å². The third-order valence-electron chi connectivity index (χ3n) is 3.03. The molecule has 100 valence electrons. The van der Waals surface area contributed by atoms with E-state index in [1.807, 2.05) is 0 Å². The van der Waals surface area contributed by atoms with Gasteiger partial charge in [0.25, 0.3) is 0 Å². The van der Waals surface area contributed by atoms with Crippen molar-refractivity contribution in [2.75, 3.05) is 12.8 Å². The van der Waals surface area contributed by atoms with Crippen molar-refractivity contribution in [3.63, 3.8) is 0 Å². The fourth-order valence-corrected chi connectivity index (χ4v) is 1.88. The van der Waals surface area contributed by atoms with Gasteiger partial charge in [-0.2, -0.15) is 18.3 Å². The number of ether oxygens (including phenoxy) is 1. The lowest BCUT2D eigenvalue weighted by atomic mass is 9.93. The van der Waals surface area contributed by atoms with E-state index in [0.717, 1.165) is 18.2 Å². The van der Waals surface area contributed by atoms with Crippen LogP contribution in [0, 0.1) is 0 Å². The molecule has 0 bridgehead atoms. The van der Waals surface area contributed by atoms with Gasteiger partial charge in [-0.05, 0) is 19.3 Å². The number of carbonyl (C=O) groups excluding carboxylic acids is 1. The van der Waals surface area contributed by atoms with Crippen molar-refractivity contribution in [1.29, 1.82) is 0 Å². The molecule has 0 unspecified atom stereocenters. The minimum Gasteiger partial charge on any atom is -0.464 e. The Balaban J connectivity index is 2.53. The summed E-state index contributed by atoms with van der Waals surface area (Å²) < 4.78 is 44.0. The van der Waals surface area contributed by atoms with E-state index in [9.17, 15) is 18.0 Å². The first-order valence-corrected chi connectivity index (χ1v) is 5.39. The van der Waals surface area contributed by atoms with Crippen LogP contribution >= 0.6 is 0 Å². The normalized spacial score (nSPS) is 16.4. The highest BCUT2D eigenvalue weighted by molar-refractivity contribution is 5.90. The third kappa shape index (κ3) is 1.91. The van der Waals surface area contributed by atoms with E-state index >= 15 is 0 Å². The second kappa shape index (κ2) is 4.18. The first kappa shape index (κ1) is 12.7. The van der Waals surface area contributed by atoms with Crippen LogP contribution in [0.2, 0.25) is 0 Å². The van der Waals surface area contributed by atoms with E-state index in [4.69, 9.17) is 5.73 Å². The van der Waals surface area contributed by atoms with Crippen molar-refractivity contribution in [2.45, 2.75) is 31.5 Å². The lowest BCUT2D eigenvalue weighted by molar-refractivity contribution is -0.137. The molecule has 0 aromatic carbocycles. The van der Waals surface area contributed by atoms with Crippen molar-refractivity contribution in [2.24, 2.45) is 0 Å². The van der Waals surface area contributed by atoms with Crippen LogP contribution in [-0.4, -0.2) is 22.9 Å². The molecule has 18 heavy (non-hydrogen) atoms. The van der Waals surface area contributed by atoms with Gasteiger partial charge >= 0.3 is 12.1 Å². The minimum absolute atomic E-state index is 0.162. The van der Waals surface area contributed by atoms with Crippen LogP contribution in [0.4, 0.5) is 19.0 Å². The number of alkyl halides is 3.